The molecule has 5 nitrogen and oxygen atoms in total. The third-order valence-electron chi connectivity index (χ3n) is 2.35. The van der Waals surface area contributed by atoms with Gasteiger partial charge in [-0.3, -0.25) is 4.79 Å². The van der Waals surface area contributed by atoms with E-state index in [1.165, 1.54) is 11.8 Å². The number of carbonyl (C=O) groups excluding carboxylic acids is 1. The fraction of sp³-hybridized carbons (Fsp3) is 0.182. The maximum absolute atomic E-state index is 11.1. The summed E-state index contributed by atoms with van der Waals surface area (Å²) >= 11 is 11.4. The van der Waals surface area contributed by atoms with E-state index in [1.807, 2.05) is 18.2 Å². The molecule has 7 heteroatoms. The van der Waals surface area contributed by atoms with E-state index in [1.54, 1.807) is 6.07 Å². The number of methoxy groups -OCH3 is 1. The van der Waals surface area contributed by atoms with Crippen molar-refractivity contribution in [1.82, 2.24) is 15.0 Å². The summed E-state index contributed by atoms with van der Waals surface area (Å²) in [4.78, 5) is 11.1. The standard InChI is InChI=1S/C11H9Cl2N3O2/c1-18-11-9(10(13)17)14-15-16(11)6-7-4-2-3-5-8(7)12/h2-5H,6H2,1H3. The molecule has 1 aromatic carbocycles. The first kappa shape index (κ1) is 12.9. The molecule has 0 fully saturated rings. The number of benzene rings is 1. The molecule has 94 valence electrons. The molecule has 0 saturated heterocycles. The Morgan fingerprint density at radius 2 is 2.17 bits per heavy atom. The zero-order valence-electron chi connectivity index (χ0n) is 9.43. The van der Waals surface area contributed by atoms with Crippen LogP contribution in [0.15, 0.2) is 24.3 Å². The van der Waals surface area contributed by atoms with Crippen LogP contribution in [0.4, 0.5) is 0 Å². The van der Waals surface area contributed by atoms with Gasteiger partial charge in [-0.2, -0.15) is 0 Å². The summed E-state index contributed by atoms with van der Waals surface area (Å²) in [6, 6.07) is 7.32. The van der Waals surface area contributed by atoms with Crippen LogP contribution >= 0.6 is 23.2 Å². The largest absolute Gasteiger partial charge is 0.479 e. The summed E-state index contributed by atoms with van der Waals surface area (Å²) in [6.07, 6.45) is 0. The van der Waals surface area contributed by atoms with Crippen LogP contribution in [-0.2, 0) is 6.54 Å². The Balaban J connectivity index is 2.35. The number of aromatic nitrogens is 3. The van der Waals surface area contributed by atoms with Gasteiger partial charge in [0, 0.05) is 5.02 Å². The van der Waals surface area contributed by atoms with Crippen molar-refractivity contribution in [3.05, 3.63) is 40.5 Å². The van der Waals surface area contributed by atoms with Crippen molar-refractivity contribution in [2.75, 3.05) is 7.11 Å². The third-order valence-corrected chi connectivity index (χ3v) is 2.89. The van der Waals surface area contributed by atoms with Crippen molar-refractivity contribution in [3.8, 4) is 5.88 Å². The molecule has 0 radical (unpaired) electrons. The Hall–Kier alpha value is -1.59. The monoisotopic (exact) mass is 285 g/mol. The lowest BCUT2D eigenvalue weighted by atomic mass is 10.2. The van der Waals surface area contributed by atoms with Gasteiger partial charge in [-0.15, -0.1) is 5.10 Å². The minimum atomic E-state index is -0.711. The summed E-state index contributed by atoms with van der Waals surface area (Å²) in [6.45, 7) is 0.347. The van der Waals surface area contributed by atoms with Crippen LogP contribution in [0.3, 0.4) is 0 Å². The topological polar surface area (TPSA) is 57.0 Å². The number of rotatable bonds is 4. The lowest BCUT2D eigenvalue weighted by molar-refractivity contribution is 0.107. The van der Waals surface area contributed by atoms with Gasteiger partial charge < -0.3 is 4.74 Å². The van der Waals surface area contributed by atoms with E-state index in [9.17, 15) is 4.79 Å². The van der Waals surface area contributed by atoms with Gasteiger partial charge in [0.05, 0.1) is 13.7 Å². The first-order valence-corrected chi connectivity index (χ1v) is 5.79. The molecule has 0 saturated carbocycles. The van der Waals surface area contributed by atoms with Gasteiger partial charge in [-0.1, -0.05) is 35.0 Å². The zero-order chi connectivity index (χ0) is 13.1. The highest BCUT2D eigenvalue weighted by atomic mass is 35.5. The number of ether oxygens (including phenoxy) is 1. The Labute approximate surface area is 113 Å². The van der Waals surface area contributed by atoms with Crippen LogP contribution in [0, 0.1) is 0 Å². The highest BCUT2D eigenvalue weighted by molar-refractivity contribution is 6.67. The van der Waals surface area contributed by atoms with Crippen LogP contribution in [-0.4, -0.2) is 27.3 Å². The fourth-order valence-electron chi connectivity index (χ4n) is 1.52. The van der Waals surface area contributed by atoms with Crippen molar-refractivity contribution < 1.29 is 9.53 Å². The fourth-order valence-corrected chi connectivity index (χ4v) is 1.84. The predicted molar refractivity (Wildman–Crippen MR) is 67.3 cm³/mol. The van der Waals surface area contributed by atoms with Crippen molar-refractivity contribution >= 4 is 28.4 Å². The second-order valence-corrected chi connectivity index (χ2v) is 4.22. The number of hydrogen-bond acceptors (Lipinski definition) is 4. The molecule has 0 unspecified atom stereocenters. The molecule has 0 bridgehead atoms. The van der Waals surface area contributed by atoms with Gasteiger partial charge in [0.1, 0.15) is 0 Å². The van der Waals surface area contributed by atoms with Gasteiger partial charge in [-0.25, -0.2) is 4.68 Å². The molecule has 2 rings (SSSR count). The average molecular weight is 286 g/mol. The molecule has 18 heavy (non-hydrogen) atoms. The summed E-state index contributed by atoms with van der Waals surface area (Å²) in [5.41, 5.74) is 0.835. The van der Waals surface area contributed by atoms with E-state index >= 15 is 0 Å². The Morgan fingerprint density at radius 3 is 2.78 bits per heavy atom. The maximum Gasteiger partial charge on any atom is 0.278 e. The average Bonchev–Trinajstić information content (AvgIpc) is 2.75. The third kappa shape index (κ3) is 2.47. The quantitative estimate of drug-likeness (QED) is 0.810. The molecule has 2 aromatic rings. The van der Waals surface area contributed by atoms with Gasteiger partial charge >= 0.3 is 0 Å². The predicted octanol–water partition coefficient (Wildman–Crippen LogP) is 2.37. The maximum atomic E-state index is 11.1. The number of nitrogens with zero attached hydrogens (tertiary/aromatic N) is 3. The molecule has 0 N–H and O–H groups in total. The van der Waals surface area contributed by atoms with Crippen LogP contribution in [0.5, 0.6) is 5.88 Å². The highest BCUT2D eigenvalue weighted by Crippen LogP contribution is 2.21. The van der Waals surface area contributed by atoms with E-state index in [0.717, 1.165) is 5.56 Å². The highest BCUT2D eigenvalue weighted by Gasteiger charge is 2.19. The molecule has 0 aliphatic carbocycles. The van der Waals surface area contributed by atoms with E-state index < -0.39 is 5.24 Å². The normalized spacial score (nSPS) is 10.4. The van der Waals surface area contributed by atoms with Crippen molar-refractivity contribution in [2.24, 2.45) is 0 Å². The van der Waals surface area contributed by atoms with Crippen LogP contribution in [0.25, 0.3) is 0 Å². The van der Waals surface area contributed by atoms with Crippen molar-refractivity contribution in [2.45, 2.75) is 6.54 Å². The molecular formula is C11H9Cl2N3O2. The van der Waals surface area contributed by atoms with Crippen molar-refractivity contribution in [1.29, 1.82) is 0 Å². The minimum absolute atomic E-state index is 0.00813. The van der Waals surface area contributed by atoms with Crippen LogP contribution in [0.2, 0.25) is 5.02 Å². The Kier molecular flexibility index (Phi) is 3.84. The van der Waals surface area contributed by atoms with Crippen molar-refractivity contribution in [3.63, 3.8) is 0 Å². The first-order valence-electron chi connectivity index (χ1n) is 5.04. The van der Waals surface area contributed by atoms with Crippen LogP contribution in [0.1, 0.15) is 16.1 Å². The molecule has 1 aromatic heterocycles. The van der Waals surface area contributed by atoms with Crippen LogP contribution < -0.4 is 4.74 Å². The molecule has 0 atom stereocenters. The SMILES string of the molecule is COc1c(C(=O)Cl)nnn1Cc1ccccc1Cl. The smallest absolute Gasteiger partial charge is 0.278 e. The summed E-state index contributed by atoms with van der Waals surface area (Å²) in [5.74, 6) is 0.218. The number of halogens is 2. The van der Waals surface area contributed by atoms with E-state index in [-0.39, 0.29) is 11.6 Å². The van der Waals surface area contributed by atoms with Gasteiger partial charge in [-0.05, 0) is 23.2 Å². The van der Waals surface area contributed by atoms with E-state index in [2.05, 4.69) is 10.3 Å². The second kappa shape index (κ2) is 5.37. The number of carbonyl (C=O) groups is 1. The molecule has 0 aliphatic heterocycles. The lowest BCUT2D eigenvalue weighted by Gasteiger charge is -2.06. The van der Waals surface area contributed by atoms with E-state index in [4.69, 9.17) is 27.9 Å². The molecular weight excluding hydrogens is 277 g/mol. The van der Waals surface area contributed by atoms with Gasteiger partial charge in [0.15, 0.2) is 0 Å². The minimum Gasteiger partial charge on any atom is -0.479 e. The van der Waals surface area contributed by atoms with Gasteiger partial charge in [0.25, 0.3) is 5.24 Å². The molecule has 1 heterocycles. The Bertz CT molecular complexity index is 583. The zero-order valence-corrected chi connectivity index (χ0v) is 10.9. The summed E-state index contributed by atoms with van der Waals surface area (Å²) in [5, 5.41) is 7.39. The summed E-state index contributed by atoms with van der Waals surface area (Å²) < 4.78 is 6.51. The summed E-state index contributed by atoms with van der Waals surface area (Å²) in [7, 11) is 1.42. The first-order chi connectivity index (χ1) is 8.63. The second-order valence-electron chi connectivity index (χ2n) is 3.47. The van der Waals surface area contributed by atoms with Gasteiger partial charge in [0.2, 0.25) is 11.6 Å². The molecule has 0 spiro atoms. The lowest BCUT2D eigenvalue weighted by Crippen LogP contribution is -2.05. The Morgan fingerprint density at radius 1 is 1.44 bits per heavy atom. The number of hydrogen-bond donors (Lipinski definition) is 0. The molecule has 0 amide bonds. The van der Waals surface area contributed by atoms with E-state index in [0.29, 0.717) is 11.6 Å². The molecule has 0 aliphatic rings.